The van der Waals surface area contributed by atoms with Crippen LogP contribution in [0.5, 0.6) is 0 Å². The fourth-order valence-electron chi connectivity index (χ4n) is 2.93. The van der Waals surface area contributed by atoms with Crippen molar-refractivity contribution in [3.63, 3.8) is 0 Å². The Kier molecular flexibility index (Phi) is 8.04. The lowest BCUT2D eigenvalue weighted by molar-refractivity contribution is 0.368. The molecule has 0 aliphatic heterocycles. The van der Waals surface area contributed by atoms with E-state index in [-0.39, 0.29) is 0 Å². The summed E-state index contributed by atoms with van der Waals surface area (Å²) in [6.07, 6.45) is 4.06. The summed E-state index contributed by atoms with van der Waals surface area (Å²) in [4.78, 5) is 4.54. The molecule has 0 amide bonds. The quantitative estimate of drug-likeness (QED) is 0.491. The van der Waals surface area contributed by atoms with Crippen LogP contribution < -0.4 is 10.6 Å². The average Bonchev–Trinajstić information content (AvgIpc) is 3.14. The van der Waals surface area contributed by atoms with Crippen molar-refractivity contribution in [2.24, 2.45) is 4.99 Å². The van der Waals surface area contributed by atoms with E-state index < -0.39 is 9.84 Å². The molecule has 0 saturated heterocycles. The number of aliphatic imine (C=N–C) groups is 1. The smallest absolute Gasteiger partial charge is 0.191 e. The number of nitrogens with zero attached hydrogens (tertiary/aromatic N) is 2. The zero-order chi connectivity index (χ0) is 20.6. The predicted octanol–water partition coefficient (Wildman–Crippen LogP) is 2.89. The van der Waals surface area contributed by atoms with Gasteiger partial charge in [-0.3, -0.25) is 4.99 Å². The number of benzene rings is 1. The molecule has 154 valence electrons. The molecule has 2 aromatic rings. The van der Waals surface area contributed by atoms with E-state index in [9.17, 15) is 8.42 Å². The van der Waals surface area contributed by atoms with Crippen LogP contribution in [0.15, 0.2) is 44.7 Å². The largest absolute Gasteiger partial charge is 0.359 e. The zero-order valence-corrected chi connectivity index (χ0v) is 17.8. The molecule has 1 aromatic carbocycles. The molecule has 0 unspecified atom stereocenters. The van der Waals surface area contributed by atoms with Gasteiger partial charge in [-0.2, -0.15) is 0 Å². The van der Waals surface area contributed by atoms with Gasteiger partial charge >= 0.3 is 0 Å². The number of guanidine groups is 1. The highest BCUT2D eigenvalue weighted by atomic mass is 32.2. The number of hydrogen-bond donors (Lipinski definition) is 2. The topological polar surface area (TPSA) is 96.6 Å². The molecule has 0 spiro atoms. The fraction of sp³-hybridized carbons (Fsp3) is 0.500. The van der Waals surface area contributed by atoms with Gasteiger partial charge in [-0.1, -0.05) is 31.1 Å². The number of sulfone groups is 1. The van der Waals surface area contributed by atoms with E-state index in [4.69, 9.17) is 4.52 Å². The van der Waals surface area contributed by atoms with Crippen LogP contribution in [0.1, 0.15) is 49.6 Å². The number of nitrogens with one attached hydrogen (secondary N) is 2. The highest BCUT2D eigenvalue weighted by molar-refractivity contribution is 7.90. The van der Waals surface area contributed by atoms with E-state index in [0.29, 0.717) is 29.9 Å². The van der Waals surface area contributed by atoms with Crippen LogP contribution in [0.25, 0.3) is 0 Å². The van der Waals surface area contributed by atoms with Crippen molar-refractivity contribution >= 4 is 15.8 Å². The van der Waals surface area contributed by atoms with Gasteiger partial charge in [-0.05, 0) is 37.0 Å². The fourth-order valence-corrected chi connectivity index (χ4v) is 3.56. The summed E-state index contributed by atoms with van der Waals surface area (Å²) < 4.78 is 28.4. The van der Waals surface area contributed by atoms with E-state index in [0.717, 1.165) is 36.3 Å². The van der Waals surface area contributed by atoms with Crippen LogP contribution in [0, 0.1) is 0 Å². The molecule has 2 N–H and O–H groups in total. The molecular formula is C20H30N4O3S. The molecular weight excluding hydrogens is 376 g/mol. The molecule has 0 saturated carbocycles. The Morgan fingerprint density at radius 3 is 2.43 bits per heavy atom. The zero-order valence-electron chi connectivity index (χ0n) is 17.0. The van der Waals surface area contributed by atoms with Crippen LogP contribution in [-0.4, -0.2) is 39.4 Å². The monoisotopic (exact) mass is 406 g/mol. The molecule has 0 bridgehead atoms. The molecule has 0 fully saturated rings. The van der Waals surface area contributed by atoms with Crippen molar-refractivity contribution in [3.8, 4) is 0 Å². The third-order valence-corrected chi connectivity index (χ3v) is 5.82. The summed E-state index contributed by atoms with van der Waals surface area (Å²) in [5.74, 6) is 1.89. The molecule has 2 rings (SSSR count). The maximum Gasteiger partial charge on any atom is 0.191 e. The molecule has 8 heteroatoms. The first kappa shape index (κ1) is 21.9. The average molecular weight is 407 g/mol. The van der Waals surface area contributed by atoms with Crippen LogP contribution in [-0.2, 0) is 22.8 Å². The Labute approximate surface area is 167 Å². The summed E-state index contributed by atoms with van der Waals surface area (Å²) in [6, 6.07) is 8.95. The normalized spacial score (nSPS) is 12.4. The minimum absolute atomic E-state index is 0.335. The van der Waals surface area contributed by atoms with Gasteiger partial charge in [0.25, 0.3) is 0 Å². The number of hydrogen-bond acceptors (Lipinski definition) is 5. The second kappa shape index (κ2) is 10.3. The molecule has 1 heterocycles. The third kappa shape index (κ3) is 6.37. The molecule has 0 atom stereocenters. The van der Waals surface area contributed by atoms with Gasteiger partial charge in [0.15, 0.2) is 21.6 Å². The maximum absolute atomic E-state index is 11.5. The van der Waals surface area contributed by atoms with Crippen LogP contribution >= 0.6 is 0 Å². The molecule has 0 radical (unpaired) electrons. The molecule has 28 heavy (non-hydrogen) atoms. The molecule has 1 aromatic heterocycles. The molecule has 7 nitrogen and oxygen atoms in total. The highest BCUT2D eigenvalue weighted by Gasteiger charge is 2.13. The third-order valence-electron chi connectivity index (χ3n) is 4.69. The van der Waals surface area contributed by atoms with Gasteiger partial charge < -0.3 is 15.2 Å². The van der Waals surface area contributed by atoms with Crippen molar-refractivity contribution in [2.75, 3.05) is 19.8 Å². The van der Waals surface area contributed by atoms with Crippen molar-refractivity contribution in [2.45, 2.75) is 50.5 Å². The minimum Gasteiger partial charge on any atom is -0.359 e. The van der Waals surface area contributed by atoms with Gasteiger partial charge in [0.05, 0.1) is 17.1 Å². The summed E-state index contributed by atoms with van der Waals surface area (Å²) in [7, 11) is -1.44. The Morgan fingerprint density at radius 2 is 1.86 bits per heavy atom. The van der Waals surface area contributed by atoms with E-state index in [1.165, 1.54) is 6.26 Å². The molecule has 0 aliphatic rings. The number of rotatable bonds is 9. The second-order valence-electron chi connectivity index (χ2n) is 6.75. The second-order valence-corrected chi connectivity index (χ2v) is 8.77. The summed E-state index contributed by atoms with van der Waals surface area (Å²) in [5.41, 5.74) is 2.06. The van der Waals surface area contributed by atoms with E-state index >= 15 is 0 Å². The van der Waals surface area contributed by atoms with Crippen molar-refractivity contribution in [1.29, 1.82) is 0 Å². The maximum atomic E-state index is 11.5. The summed E-state index contributed by atoms with van der Waals surface area (Å²) in [6.45, 7) is 5.49. The van der Waals surface area contributed by atoms with Crippen LogP contribution in [0.4, 0.5) is 0 Å². The summed E-state index contributed by atoms with van der Waals surface area (Å²) >= 11 is 0. The lowest BCUT2D eigenvalue weighted by Gasteiger charge is -2.11. The van der Waals surface area contributed by atoms with Crippen molar-refractivity contribution in [1.82, 2.24) is 15.8 Å². The van der Waals surface area contributed by atoms with E-state index in [1.807, 2.05) is 18.2 Å². The Hall–Kier alpha value is -2.35. The Balaban J connectivity index is 1.80. The Bertz CT molecular complexity index is 869. The minimum atomic E-state index is -3.16. The lowest BCUT2D eigenvalue weighted by Crippen LogP contribution is -2.37. The van der Waals surface area contributed by atoms with Crippen LogP contribution in [0.3, 0.4) is 0 Å². The van der Waals surface area contributed by atoms with E-state index in [2.05, 4.69) is 34.6 Å². The van der Waals surface area contributed by atoms with Gasteiger partial charge in [0.1, 0.15) is 0 Å². The Morgan fingerprint density at radius 1 is 1.18 bits per heavy atom. The first-order chi connectivity index (χ1) is 13.4. The predicted molar refractivity (Wildman–Crippen MR) is 111 cm³/mol. The van der Waals surface area contributed by atoms with Crippen LogP contribution in [0.2, 0.25) is 0 Å². The standard InChI is InChI=1S/C20H30N4O3S/c1-5-16(6-2)19-13-17(27-24-19)14-23-20(21-3)22-12-11-15-7-9-18(10-8-15)28(4,25)26/h7-10,13,16H,5-6,11-12,14H2,1-4H3,(H2,21,22,23). The van der Waals surface area contributed by atoms with Gasteiger partial charge in [0.2, 0.25) is 0 Å². The van der Waals surface area contributed by atoms with Gasteiger partial charge in [0, 0.05) is 31.8 Å². The highest BCUT2D eigenvalue weighted by Crippen LogP contribution is 2.22. The van der Waals surface area contributed by atoms with Gasteiger partial charge in [-0.15, -0.1) is 0 Å². The number of aromatic nitrogens is 1. The van der Waals surface area contributed by atoms with Crippen molar-refractivity contribution < 1.29 is 12.9 Å². The summed E-state index contributed by atoms with van der Waals surface area (Å²) in [5, 5.41) is 10.6. The van der Waals surface area contributed by atoms with Gasteiger partial charge in [-0.25, -0.2) is 8.42 Å². The molecule has 0 aliphatic carbocycles. The lowest BCUT2D eigenvalue weighted by atomic mass is 9.99. The SMILES string of the molecule is CCC(CC)c1cc(CNC(=NC)NCCc2ccc(S(C)(=O)=O)cc2)on1. The first-order valence-electron chi connectivity index (χ1n) is 9.56. The van der Waals surface area contributed by atoms with E-state index in [1.54, 1.807) is 19.2 Å². The first-order valence-corrected chi connectivity index (χ1v) is 11.5. The van der Waals surface area contributed by atoms with Crippen molar-refractivity contribution in [3.05, 3.63) is 47.3 Å².